The number of esters is 1. The predicted octanol–water partition coefficient (Wildman–Crippen LogP) is 4.51. The summed E-state index contributed by atoms with van der Waals surface area (Å²) in [5.74, 6) is 0.863. The van der Waals surface area contributed by atoms with Gasteiger partial charge in [-0.1, -0.05) is 78.6 Å². The standard InChI is InChI=1S/C32H28N2O5S/c1-4-19-39-25-15-11-21(12-16-25)20-26-30(35)34-29(23-13-17-24(37-3)18-14-23)27(31(36)38-5-2)28(33-32(34)40-26)22-9-7-6-8-10-22/h4,6-18,20,29H,1,5,19H2,2-3H3/b26-20-/t29-/m1/s1. The van der Waals surface area contributed by atoms with Gasteiger partial charge in [0.15, 0.2) is 4.80 Å². The second kappa shape index (κ2) is 12.0. The first kappa shape index (κ1) is 26.9. The van der Waals surface area contributed by atoms with Gasteiger partial charge in [-0.05, 0) is 48.4 Å². The molecule has 0 unspecified atom stereocenters. The summed E-state index contributed by atoms with van der Waals surface area (Å²) in [5.41, 5.74) is 2.88. The molecule has 40 heavy (non-hydrogen) atoms. The number of fused-ring (bicyclic) bond motifs is 1. The van der Waals surface area contributed by atoms with Gasteiger partial charge in [-0.25, -0.2) is 9.79 Å². The van der Waals surface area contributed by atoms with E-state index >= 15 is 0 Å². The molecule has 1 aromatic heterocycles. The van der Waals surface area contributed by atoms with Crippen molar-refractivity contribution in [3.8, 4) is 11.5 Å². The lowest BCUT2D eigenvalue weighted by molar-refractivity contribution is -0.138. The molecule has 0 aliphatic carbocycles. The summed E-state index contributed by atoms with van der Waals surface area (Å²) in [6.07, 6.45) is 3.50. The average Bonchev–Trinajstić information content (AvgIpc) is 3.30. The maximum absolute atomic E-state index is 13.9. The van der Waals surface area contributed by atoms with Gasteiger partial charge in [0.1, 0.15) is 18.1 Å². The van der Waals surface area contributed by atoms with E-state index in [1.54, 1.807) is 24.7 Å². The normalized spacial score (nSPS) is 14.8. The number of rotatable bonds is 9. The first-order valence-electron chi connectivity index (χ1n) is 12.8. The van der Waals surface area contributed by atoms with Gasteiger partial charge in [-0.15, -0.1) is 0 Å². The van der Waals surface area contributed by atoms with E-state index in [1.165, 1.54) is 11.3 Å². The molecule has 0 fully saturated rings. The summed E-state index contributed by atoms with van der Waals surface area (Å²) in [7, 11) is 1.59. The molecule has 1 atom stereocenters. The molecular weight excluding hydrogens is 524 g/mol. The van der Waals surface area contributed by atoms with Crippen molar-refractivity contribution < 1.29 is 19.0 Å². The topological polar surface area (TPSA) is 79.1 Å². The van der Waals surface area contributed by atoms with Crippen LogP contribution < -0.4 is 24.4 Å². The molecular formula is C32H28N2O5S. The largest absolute Gasteiger partial charge is 0.497 e. The van der Waals surface area contributed by atoms with Crippen molar-refractivity contribution in [1.29, 1.82) is 0 Å². The fraction of sp³-hybridized carbons (Fsp3) is 0.156. The number of carbonyl (C=O) groups is 1. The van der Waals surface area contributed by atoms with E-state index in [4.69, 9.17) is 19.2 Å². The first-order chi connectivity index (χ1) is 19.5. The smallest absolute Gasteiger partial charge is 0.338 e. The Morgan fingerprint density at radius 2 is 1.73 bits per heavy atom. The zero-order chi connectivity index (χ0) is 28.1. The molecule has 3 aromatic carbocycles. The van der Waals surface area contributed by atoms with Crippen LogP contribution in [0.2, 0.25) is 0 Å². The molecule has 4 aromatic rings. The third-order valence-electron chi connectivity index (χ3n) is 6.35. The van der Waals surface area contributed by atoms with E-state index in [1.807, 2.05) is 84.9 Å². The van der Waals surface area contributed by atoms with Crippen LogP contribution in [0.1, 0.15) is 29.7 Å². The zero-order valence-electron chi connectivity index (χ0n) is 22.2. The van der Waals surface area contributed by atoms with Gasteiger partial charge >= 0.3 is 5.97 Å². The predicted molar refractivity (Wildman–Crippen MR) is 156 cm³/mol. The number of nitrogens with zero attached hydrogens (tertiary/aromatic N) is 2. The number of hydrogen-bond acceptors (Lipinski definition) is 7. The highest BCUT2D eigenvalue weighted by atomic mass is 32.1. The lowest BCUT2D eigenvalue weighted by atomic mass is 9.93. The average molecular weight is 553 g/mol. The summed E-state index contributed by atoms with van der Waals surface area (Å²) >= 11 is 1.28. The van der Waals surface area contributed by atoms with Gasteiger partial charge in [0.25, 0.3) is 5.56 Å². The Labute approximate surface area is 235 Å². The molecule has 1 aliphatic rings. The minimum absolute atomic E-state index is 0.191. The van der Waals surface area contributed by atoms with Crippen molar-refractivity contribution in [2.24, 2.45) is 4.99 Å². The molecule has 202 valence electrons. The van der Waals surface area contributed by atoms with Crippen LogP contribution in [0.5, 0.6) is 11.5 Å². The van der Waals surface area contributed by atoms with Crippen LogP contribution in [0.3, 0.4) is 0 Å². The third-order valence-corrected chi connectivity index (χ3v) is 7.33. The summed E-state index contributed by atoms with van der Waals surface area (Å²) in [5, 5.41) is 0. The van der Waals surface area contributed by atoms with Crippen molar-refractivity contribution in [3.63, 3.8) is 0 Å². The minimum atomic E-state index is -0.742. The Bertz CT molecular complexity index is 1730. The molecule has 0 radical (unpaired) electrons. The van der Waals surface area contributed by atoms with Crippen molar-refractivity contribution >= 4 is 29.1 Å². The summed E-state index contributed by atoms with van der Waals surface area (Å²) in [6.45, 7) is 6.02. The van der Waals surface area contributed by atoms with Crippen LogP contribution in [-0.2, 0) is 9.53 Å². The second-order valence-corrected chi connectivity index (χ2v) is 9.88. The Balaban J connectivity index is 1.73. The monoisotopic (exact) mass is 552 g/mol. The van der Waals surface area contributed by atoms with Crippen molar-refractivity contribution in [3.05, 3.63) is 133 Å². The maximum atomic E-state index is 13.9. The molecule has 0 saturated heterocycles. The van der Waals surface area contributed by atoms with Gasteiger partial charge in [0.05, 0.1) is 35.6 Å². The molecule has 0 saturated carbocycles. The van der Waals surface area contributed by atoms with Gasteiger partial charge in [-0.3, -0.25) is 9.36 Å². The number of hydrogen-bond donors (Lipinski definition) is 0. The Kier molecular flexibility index (Phi) is 8.07. The highest BCUT2D eigenvalue weighted by Gasteiger charge is 2.35. The van der Waals surface area contributed by atoms with Crippen LogP contribution in [0.4, 0.5) is 0 Å². The molecule has 0 N–H and O–H groups in total. The van der Waals surface area contributed by atoms with E-state index in [0.717, 1.165) is 16.7 Å². The molecule has 7 nitrogen and oxygen atoms in total. The SMILES string of the molecule is C=CCOc1ccc(/C=c2\sc3n(c2=O)[C@H](c2ccc(OC)cc2)C(C(=O)OCC)=C(c2ccccc2)N=3)cc1. The minimum Gasteiger partial charge on any atom is -0.497 e. The summed E-state index contributed by atoms with van der Waals surface area (Å²) in [4.78, 5) is 32.8. The maximum Gasteiger partial charge on any atom is 0.338 e. The fourth-order valence-corrected chi connectivity index (χ4v) is 5.51. The lowest BCUT2D eigenvalue weighted by Gasteiger charge is -2.26. The number of carbonyl (C=O) groups excluding carboxylic acids is 1. The molecule has 1 aliphatic heterocycles. The van der Waals surface area contributed by atoms with Crippen LogP contribution >= 0.6 is 11.3 Å². The van der Waals surface area contributed by atoms with Gasteiger partial charge in [0.2, 0.25) is 0 Å². The van der Waals surface area contributed by atoms with Gasteiger partial charge < -0.3 is 14.2 Å². The van der Waals surface area contributed by atoms with Crippen LogP contribution in [0.15, 0.2) is 107 Å². The Morgan fingerprint density at radius 1 is 1.02 bits per heavy atom. The first-order valence-corrected chi connectivity index (χ1v) is 13.6. The van der Waals surface area contributed by atoms with Crippen LogP contribution in [-0.4, -0.2) is 30.9 Å². The number of benzene rings is 3. The van der Waals surface area contributed by atoms with Gasteiger partial charge in [-0.2, -0.15) is 0 Å². The van der Waals surface area contributed by atoms with Crippen LogP contribution in [0.25, 0.3) is 11.8 Å². The van der Waals surface area contributed by atoms with Crippen molar-refractivity contribution in [2.45, 2.75) is 13.0 Å². The van der Waals surface area contributed by atoms with E-state index in [9.17, 15) is 9.59 Å². The molecule has 2 heterocycles. The second-order valence-electron chi connectivity index (χ2n) is 8.87. The highest BCUT2D eigenvalue weighted by molar-refractivity contribution is 7.07. The Morgan fingerprint density at radius 3 is 2.38 bits per heavy atom. The highest BCUT2D eigenvalue weighted by Crippen LogP contribution is 2.35. The van der Waals surface area contributed by atoms with E-state index in [-0.39, 0.29) is 12.2 Å². The van der Waals surface area contributed by atoms with E-state index in [2.05, 4.69) is 6.58 Å². The molecule has 0 bridgehead atoms. The molecule has 8 heteroatoms. The third kappa shape index (κ3) is 5.39. The fourth-order valence-electron chi connectivity index (χ4n) is 4.51. The lowest BCUT2D eigenvalue weighted by Crippen LogP contribution is -2.40. The van der Waals surface area contributed by atoms with Crippen molar-refractivity contribution in [2.75, 3.05) is 20.3 Å². The molecule has 0 amide bonds. The van der Waals surface area contributed by atoms with E-state index in [0.29, 0.717) is 38.7 Å². The van der Waals surface area contributed by atoms with Crippen molar-refractivity contribution in [1.82, 2.24) is 4.57 Å². The number of thiazole rings is 1. The summed E-state index contributed by atoms with van der Waals surface area (Å²) < 4.78 is 18.5. The van der Waals surface area contributed by atoms with Gasteiger partial charge in [0, 0.05) is 5.56 Å². The molecule has 0 spiro atoms. The van der Waals surface area contributed by atoms with Crippen LogP contribution in [0, 0.1) is 0 Å². The quantitative estimate of drug-likeness (QED) is 0.226. The van der Waals surface area contributed by atoms with E-state index < -0.39 is 12.0 Å². The molecule has 5 rings (SSSR count). The number of ether oxygens (including phenoxy) is 3. The summed E-state index contributed by atoms with van der Waals surface area (Å²) in [6, 6.07) is 23.5. The zero-order valence-corrected chi connectivity index (χ0v) is 23.0. The number of methoxy groups -OCH3 is 1. The Hall–Kier alpha value is -4.69. The number of aromatic nitrogens is 1.